The molecule has 0 N–H and O–H groups in total. The van der Waals surface area contributed by atoms with Gasteiger partial charge in [-0.2, -0.15) is 35.1 Å². The Morgan fingerprint density at radius 1 is 0.893 bits per heavy atom. The number of hydrogen-bond acceptors (Lipinski definition) is 1. The Kier molecular flexibility index (Phi) is 5.31. The Balaban J connectivity index is 3.19. The Bertz CT molecular complexity index is 709. The molecule has 1 rings (SSSR count). The molecule has 0 bridgehead atoms. The van der Waals surface area contributed by atoms with Gasteiger partial charge in [-0.15, -0.1) is 4.68 Å². The summed E-state index contributed by atoms with van der Waals surface area (Å²) in [7, 11) is -12.6. The van der Waals surface area contributed by atoms with Gasteiger partial charge in [0.2, 0.25) is 6.33 Å². The predicted molar refractivity (Wildman–Crippen MR) is 70.2 cm³/mol. The normalized spacial score (nSPS) is 17.4. The van der Waals surface area contributed by atoms with Crippen molar-refractivity contribution in [2.45, 2.75) is 55.9 Å². The quantitative estimate of drug-likeness (QED) is 0.335. The average Bonchev–Trinajstić information content (AvgIpc) is 2.90. The van der Waals surface area contributed by atoms with Gasteiger partial charge < -0.3 is 0 Å². The molecule has 1 aromatic heterocycles. The first-order valence-electron chi connectivity index (χ1n) is 7.16. The molecule has 0 saturated carbocycles. The van der Waals surface area contributed by atoms with E-state index in [2.05, 4.69) is 5.10 Å². The molecule has 0 aliphatic heterocycles. The van der Waals surface area contributed by atoms with E-state index < -0.39 is 46.2 Å². The molecule has 0 spiro atoms. The maximum atomic E-state index is 13.5. The highest BCUT2D eigenvalue weighted by molar-refractivity contribution is 8.46. The minimum atomic E-state index is -12.6. The van der Waals surface area contributed by atoms with E-state index in [0.29, 0.717) is 11.0 Å². The zero-order valence-corrected chi connectivity index (χ0v) is 14.5. The van der Waals surface area contributed by atoms with E-state index in [-0.39, 0.29) is 6.54 Å². The van der Waals surface area contributed by atoms with Crippen LogP contribution in [-0.2, 0) is 13.1 Å². The standard InChI is InChI=1S/C11H13F13N3S/c1-2-4-27-7-26(6-25-27)5-3-8(12,13)9(14,15)10(16,17)11(18,19)28(20,21,22,23)24/h6-7H,2-5H2,1H3/q+1. The monoisotopic (exact) mass is 466 g/mol. The molecule has 3 nitrogen and oxygen atoms in total. The molecule has 0 saturated heterocycles. The van der Waals surface area contributed by atoms with Crippen LogP contribution >= 0.6 is 10.2 Å². The molecule has 17 heteroatoms. The van der Waals surface area contributed by atoms with Gasteiger partial charge in [-0.25, -0.2) is 4.57 Å². The van der Waals surface area contributed by atoms with Crippen LogP contribution in [0.3, 0.4) is 0 Å². The molecular formula is C11H13F13N3S+. The highest BCUT2D eigenvalue weighted by Gasteiger charge is 2.97. The maximum Gasteiger partial charge on any atom is 0.450 e. The molecule has 0 radical (unpaired) electrons. The minimum Gasteiger partial charge on any atom is -0.237 e. The van der Waals surface area contributed by atoms with Crippen LogP contribution in [0.4, 0.5) is 54.6 Å². The van der Waals surface area contributed by atoms with Crippen molar-refractivity contribution >= 4 is 10.2 Å². The lowest BCUT2D eigenvalue weighted by Gasteiger charge is -2.50. The molecule has 168 valence electrons. The number of alkyl halides is 8. The zero-order valence-electron chi connectivity index (χ0n) is 13.6. The maximum absolute atomic E-state index is 13.5. The summed E-state index contributed by atoms with van der Waals surface area (Å²) in [4.78, 5) is 0. The largest absolute Gasteiger partial charge is 0.450 e. The van der Waals surface area contributed by atoms with Crippen molar-refractivity contribution in [3.05, 3.63) is 12.7 Å². The third-order valence-electron chi connectivity index (χ3n) is 3.47. The highest BCUT2D eigenvalue weighted by Crippen LogP contribution is 3.06. The topological polar surface area (TPSA) is 21.7 Å². The van der Waals surface area contributed by atoms with Gasteiger partial charge in [-0.1, -0.05) is 26.4 Å². The molecule has 0 aromatic carbocycles. The first-order chi connectivity index (χ1) is 12.0. The lowest BCUT2D eigenvalue weighted by Crippen LogP contribution is -2.65. The fourth-order valence-electron chi connectivity index (χ4n) is 1.90. The molecule has 28 heavy (non-hydrogen) atoms. The molecule has 0 aliphatic carbocycles. The summed E-state index contributed by atoms with van der Waals surface area (Å²) in [6.07, 6.45) is -0.162. The third kappa shape index (κ3) is 3.98. The smallest absolute Gasteiger partial charge is 0.237 e. The Labute approximate surface area is 148 Å². The average molecular weight is 466 g/mol. The van der Waals surface area contributed by atoms with E-state index in [9.17, 15) is 54.6 Å². The molecule has 1 heterocycles. The summed E-state index contributed by atoms with van der Waals surface area (Å²) in [5, 5.41) is -5.15. The number of aryl methyl sites for hydroxylation is 2. The van der Waals surface area contributed by atoms with Crippen LogP contribution in [0.15, 0.2) is 12.7 Å². The third-order valence-corrected chi connectivity index (χ3v) is 4.70. The van der Waals surface area contributed by atoms with Gasteiger partial charge in [0.05, 0.1) is 6.54 Å². The summed E-state index contributed by atoms with van der Waals surface area (Å²) in [5.74, 6) is -21.8. The lowest BCUT2D eigenvalue weighted by atomic mass is 10.0. The van der Waals surface area contributed by atoms with Crippen LogP contribution in [0.1, 0.15) is 19.8 Å². The van der Waals surface area contributed by atoms with Crippen LogP contribution in [0, 0.1) is 0 Å². The summed E-state index contributed by atoms with van der Waals surface area (Å²) >= 11 is 0. The fourth-order valence-corrected chi connectivity index (χ4v) is 2.52. The predicted octanol–water partition coefficient (Wildman–Crippen LogP) is 5.77. The van der Waals surface area contributed by atoms with Crippen LogP contribution < -0.4 is 4.57 Å². The number of halogens is 13. The van der Waals surface area contributed by atoms with Crippen LogP contribution in [0.25, 0.3) is 0 Å². The van der Waals surface area contributed by atoms with Crippen molar-refractivity contribution in [3.8, 4) is 0 Å². The molecule has 0 amide bonds. The Morgan fingerprint density at radius 2 is 1.39 bits per heavy atom. The van der Waals surface area contributed by atoms with E-state index in [4.69, 9.17) is 0 Å². The fraction of sp³-hybridized carbons (Fsp3) is 0.818. The van der Waals surface area contributed by atoms with E-state index in [1.54, 1.807) is 6.92 Å². The molecule has 0 aliphatic rings. The lowest BCUT2D eigenvalue weighted by molar-refractivity contribution is -0.701. The van der Waals surface area contributed by atoms with Crippen molar-refractivity contribution in [1.82, 2.24) is 9.78 Å². The second-order valence-electron chi connectivity index (χ2n) is 5.84. The Hall–Kier alpha value is -1.42. The van der Waals surface area contributed by atoms with Crippen LogP contribution in [-0.4, -0.2) is 32.8 Å². The van der Waals surface area contributed by atoms with Crippen molar-refractivity contribution in [2.75, 3.05) is 0 Å². The minimum absolute atomic E-state index is 0.230. The Morgan fingerprint density at radius 3 is 1.82 bits per heavy atom. The van der Waals surface area contributed by atoms with Crippen molar-refractivity contribution in [1.29, 1.82) is 0 Å². The molecule has 0 unspecified atom stereocenters. The highest BCUT2D eigenvalue weighted by atomic mass is 32.5. The van der Waals surface area contributed by atoms with E-state index in [1.165, 1.54) is 0 Å². The van der Waals surface area contributed by atoms with E-state index in [1.807, 2.05) is 0 Å². The first kappa shape index (κ1) is 24.6. The van der Waals surface area contributed by atoms with Crippen molar-refractivity contribution < 1.29 is 59.1 Å². The van der Waals surface area contributed by atoms with Crippen LogP contribution in [0.5, 0.6) is 0 Å². The van der Waals surface area contributed by atoms with Gasteiger partial charge in [0.25, 0.3) is 6.33 Å². The van der Waals surface area contributed by atoms with E-state index in [0.717, 1.165) is 17.3 Å². The van der Waals surface area contributed by atoms with Crippen molar-refractivity contribution in [2.24, 2.45) is 0 Å². The molecule has 0 fully saturated rings. The van der Waals surface area contributed by atoms with Gasteiger partial charge in [-0.05, 0) is 6.42 Å². The summed E-state index contributed by atoms with van der Waals surface area (Å²) in [6, 6.07) is 0. The second kappa shape index (κ2) is 6.04. The second-order valence-corrected chi connectivity index (χ2v) is 8.29. The number of aromatic nitrogens is 3. The van der Waals surface area contributed by atoms with Crippen LogP contribution in [0.2, 0.25) is 0 Å². The van der Waals surface area contributed by atoms with Gasteiger partial charge in [0.15, 0.2) is 0 Å². The number of nitrogens with zero attached hydrogens (tertiary/aromatic N) is 3. The van der Waals surface area contributed by atoms with Crippen molar-refractivity contribution in [3.63, 3.8) is 0 Å². The number of hydrogen-bond donors (Lipinski definition) is 0. The zero-order chi connectivity index (χ0) is 22.5. The van der Waals surface area contributed by atoms with Gasteiger partial charge >= 0.3 is 33.2 Å². The molecule has 1 aromatic rings. The molecular weight excluding hydrogens is 453 g/mol. The summed E-state index contributed by atoms with van der Waals surface area (Å²) in [6.45, 7) is 0.639. The van der Waals surface area contributed by atoms with Gasteiger partial charge in [-0.3, -0.25) is 0 Å². The summed E-state index contributed by atoms with van der Waals surface area (Å²) < 4.78 is 168. The SMILES string of the molecule is CCCn1c[n+](CCC(F)(F)C(F)(F)C(F)(F)C(F)(F)S(F)(F)(F)(F)F)cn1. The molecule has 0 atom stereocenters. The number of rotatable bonds is 9. The first-order valence-corrected chi connectivity index (χ1v) is 9.11. The summed E-state index contributed by atoms with van der Waals surface area (Å²) in [5.41, 5.74) is 0. The van der Waals surface area contributed by atoms with Gasteiger partial charge in [0.1, 0.15) is 6.54 Å². The van der Waals surface area contributed by atoms with E-state index >= 15 is 0 Å². The van der Waals surface area contributed by atoms with Gasteiger partial charge in [0, 0.05) is 11.5 Å².